The molecule has 1 fully saturated rings. The van der Waals surface area contributed by atoms with Gasteiger partial charge in [-0.3, -0.25) is 0 Å². The molecular formula is C13H17F3N2O. The van der Waals surface area contributed by atoms with E-state index in [4.69, 9.17) is 0 Å². The van der Waals surface area contributed by atoms with Crippen molar-refractivity contribution in [2.75, 3.05) is 11.9 Å². The molecule has 0 aromatic carbocycles. The highest BCUT2D eigenvalue weighted by molar-refractivity contribution is 5.36. The number of aromatic nitrogens is 1. The van der Waals surface area contributed by atoms with Crippen LogP contribution in [0.5, 0.6) is 0 Å². The number of pyridine rings is 1. The molecule has 0 unspecified atom stereocenters. The molecule has 0 amide bonds. The predicted molar refractivity (Wildman–Crippen MR) is 65.7 cm³/mol. The fraction of sp³-hybridized carbons (Fsp3) is 0.615. The lowest BCUT2D eigenvalue weighted by Crippen LogP contribution is -2.23. The Bertz CT molecular complexity index is 397. The predicted octanol–water partition coefficient (Wildman–Crippen LogP) is 3.06. The van der Waals surface area contributed by atoms with E-state index in [9.17, 15) is 18.3 Å². The highest BCUT2D eigenvalue weighted by Crippen LogP contribution is 2.29. The van der Waals surface area contributed by atoms with Crippen LogP contribution >= 0.6 is 0 Å². The molecule has 2 N–H and O–H groups in total. The number of nitrogens with one attached hydrogen (secondary N) is 1. The van der Waals surface area contributed by atoms with Gasteiger partial charge in [-0.1, -0.05) is 0 Å². The van der Waals surface area contributed by atoms with E-state index in [1.165, 1.54) is 6.07 Å². The van der Waals surface area contributed by atoms with Crippen molar-refractivity contribution in [3.05, 3.63) is 23.9 Å². The van der Waals surface area contributed by atoms with Gasteiger partial charge in [0.05, 0.1) is 11.7 Å². The maximum atomic E-state index is 12.3. The van der Waals surface area contributed by atoms with Crippen LogP contribution in [0.4, 0.5) is 19.0 Å². The summed E-state index contributed by atoms with van der Waals surface area (Å²) in [7, 11) is 0. The van der Waals surface area contributed by atoms with Crippen LogP contribution in [-0.2, 0) is 6.18 Å². The topological polar surface area (TPSA) is 45.1 Å². The zero-order valence-corrected chi connectivity index (χ0v) is 10.5. The van der Waals surface area contributed by atoms with Crippen LogP contribution in [0.3, 0.4) is 0 Å². The van der Waals surface area contributed by atoms with Gasteiger partial charge in [0.2, 0.25) is 0 Å². The number of aliphatic hydroxyl groups excluding tert-OH is 1. The zero-order chi connectivity index (χ0) is 13.9. The Labute approximate surface area is 109 Å². The van der Waals surface area contributed by atoms with E-state index in [0.29, 0.717) is 18.3 Å². The Kier molecular flexibility index (Phi) is 4.29. The molecule has 0 bridgehead atoms. The van der Waals surface area contributed by atoms with Crippen LogP contribution in [0.1, 0.15) is 31.2 Å². The summed E-state index contributed by atoms with van der Waals surface area (Å²) in [6, 6.07) is 2.38. The number of hydrogen-bond acceptors (Lipinski definition) is 3. The number of rotatable bonds is 3. The van der Waals surface area contributed by atoms with Crippen LogP contribution in [0.25, 0.3) is 0 Å². The molecule has 1 aromatic rings. The van der Waals surface area contributed by atoms with Crippen molar-refractivity contribution in [3.63, 3.8) is 0 Å². The first-order chi connectivity index (χ1) is 8.95. The Hall–Kier alpha value is -1.30. The maximum Gasteiger partial charge on any atom is 0.417 e. The van der Waals surface area contributed by atoms with Crippen molar-refractivity contribution >= 4 is 5.82 Å². The summed E-state index contributed by atoms with van der Waals surface area (Å²) in [6.07, 6.45) is -0.221. The van der Waals surface area contributed by atoms with Crippen LogP contribution in [0.2, 0.25) is 0 Å². The monoisotopic (exact) mass is 274 g/mol. The summed E-state index contributed by atoms with van der Waals surface area (Å²) < 4.78 is 37.0. The quantitative estimate of drug-likeness (QED) is 0.890. The van der Waals surface area contributed by atoms with Crippen LogP contribution in [-0.4, -0.2) is 22.7 Å². The second-order valence-corrected chi connectivity index (χ2v) is 4.99. The third-order valence-corrected chi connectivity index (χ3v) is 3.48. The fourth-order valence-corrected chi connectivity index (χ4v) is 2.26. The third-order valence-electron chi connectivity index (χ3n) is 3.48. The molecule has 6 heteroatoms. The van der Waals surface area contributed by atoms with Gasteiger partial charge < -0.3 is 10.4 Å². The van der Waals surface area contributed by atoms with E-state index in [2.05, 4.69) is 10.3 Å². The number of anilines is 1. The Morgan fingerprint density at radius 2 is 1.89 bits per heavy atom. The molecule has 1 heterocycles. The smallest absolute Gasteiger partial charge is 0.393 e. The van der Waals surface area contributed by atoms with E-state index in [1.807, 2.05) is 0 Å². The van der Waals surface area contributed by atoms with E-state index in [0.717, 1.165) is 37.9 Å². The summed E-state index contributed by atoms with van der Waals surface area (Å²) in [5, 5.41) is 12.4. The number of hydrogen-bond donors (Lipinski definition) is 2. The zero-order valence-electron chi connectivity index (χ0n) is 10.5. The SMILES string of the molecule is OC1CCC(CNc2ccc(C(F)(F)F)cn2)CC1. The van der Waals surface area contributed by atoms with Gasteiger partial charge in [-0.15, -0.1) is 0 Å². The molecule has 1 aliphatic rings. The molecule has 3 nitrogen and oxygen atoms in total. The van der Waals surface area contributed by atoms with Gasteiger partial charge in [0.1, 0.15) is 5.82 Å². The molecule has 0 atom stereocenters. The second-order valence-electron chi connectivity index (χ2n) is 4.99. The highest BCUT2D eigenvalue weighted by atomic mass is 19.4. The van der Waals surface area contributed by atoms with Crippen molar-refractivity contribution in [3.8, 4) is 0 Å². The molecule has 2 rings (SSSR count). The molecular weight excluding hydrogens is 257 g/mol. The average molecular weight is 274 g/mol. The molecule has 106 valence electrons. The molecule has 0 saturated heterocycles. The van der Waals surface area contributed by atoms with Crippen molar-refractivity contribution in [1.29, 1.82) is 0 Å². The molecule has 19 heavy (non-hydrogen) atoms. The van der Waals surface area contributed by atoms with Gasteiger partial charge in [-0.05, 0) is 43.7 Å². The Morgan fingerprint density at radius 1 is 1.21 bits per heavy atom. The molecule has 0 radical (unpaired) electrons. The van der Waals surface area contributed by atoms with Gasteiger partial charge in [0.25, 0.3) is 0 Å². The van der Waals surface area contributed by atoms with Crippen LogP contribution in [0, 0.1) is 5.92 Å². The molecule has 1 saturated carbocycles. The minimum atomic E-state index is -4.34. The minimum Gasteiger partial charge on any atom is -0.393 e. The number of nitrogens with zero attached hydrogens (tertiary/aromatic N) is 1. The first-order valence-corrected chi connectivity index (χ1v) is 6.40. The van der Waals surface area contributed by atoms with E-state index in [1.54, 1.807) is 0 Å². The van der Waals surface area contributed by atoms with Gasteiger partial charge in [-0.25, -0.2) is 4.98 Å². The first-order valence-electron chi connectivity index (χ1n) is 6.40. The van der Waals surface area contributed by atoms with Gasteiger partial charge in [0.15, 0.2) is 0 Å². The number of alkyl halides is 3. The summed E-state index contributed by atoms with van der Waals surface area (Å²) in [4.78, 5) is 3.76. The summed E-state index contributed by atoms with van der Waals surface area (Å²) >= 11 is 0. The van der Waals surface area contributed by atoms with E-state index >= 15 is 0 Å². The summed E-state index contributed by atoms with van der Waals surface area (Å²) in [6.45, 7) is 0.686. The lowest BCUT2D eigenvalue weighted by Gasteiger charge is -2.25. The van der Waals surface area contributed by atoms with Crippen LogP contribution < -0.4 is 5.32 Å². The fourth-order valence-electron chi connectivity index (χ4n) is 2.26. The Balaban J connectivity index is 1.83. The van der Waals surface area contributed by atoms with Gasteiger partial charge in [0, 0.05) is 12.7 Å². The van der Waals surface area contributed by atoms with Crippen molar-refractivity contribution in [2.24, 2.45) is 5.92 Å². The summed E-state index contributed by atoms with van der Waals surface area (Å²) in [5.74, 6) is 0.909. The Morgan fingerprint density at radius 3 is 2.42 bits per heavy atom. The van der Waals surface area contributed by atoms with Crippen molar-refractivity contribution < 1.29 is 18.3 Å². The van der Waals surface area contributed by atoms with Crippen LogP contribution in [0.15, 0.2) is 18.3 Å². The molecule has 1 aromatic heterocycles. The van der Waals surface area contributed by atoms with E-state index in [-0.39, 0.29) is 6.10 Å². The van der Waals surface area contributed by atoms with Crippen molar-refractivity contribution in [2.45, 2.75) is 38.0 Å². The number of aliphatic hydroxyl groups is 1. The first kappa shape index (κ1) is 14.1. The standard InChI is InChI=1S/C13H17F3N2O/c14-13(15,16)10-3-6-12(18-8-10)17-7-9-1-4-11(19)5-2-9/h3,6,8-9,11,19H,1-2,4-5,7H2,(H,17,18). The van der Waals surface area contributed by atoms with Gasteiger partial charge >= 0.3 is 6.18 Å². The molecule has 0 aliphatic heterocycles. The highest BCUT2D eigenvalue weighted by Gasteiger charge is 2.30. The normalized spacial score (nSPS) is 24.2. The maximum absolute atomic E-state index is 12.3. The third kappa shape index (κ3) is 4.09. The molecule has 1 aliphatic carbocycles. The van der Waals surface area contributed by atoms with E-state index < -0.39 is 11.7 Å². The second kappa shape index (κ2) is 5.77. The average Bonchev–Trinajstić information content (AvgIpc) is 2.37. The number of halogens is 3. The largest absolute Gasteiger partial charge is 0.417 e. The summed E-state index contributed by atoms with van der Waals surface area (Å²) in [5.41, 5.74) is -0.737. The minimum absolute atomic E-state index is 0.194. The lowest BCUT2D eigenvalue weighted by atomic mass is 9.87. The van der Waals surface area contributed by atoms with Gasteiger partial charge in [-0.2, -0.15) is 13.2 Å². The molecule has 0 spiro atoms. The van der Waals surface area contributed by atoms with Crippen molar-refractivity contribution in [1.82, 2.24) is 4.98 Å². The lowest BCUT2D eigenvalue weighted by molar-refractivity contribution is -0.137.